The number of nitrogens with one attached hydrogen (secondary N) is 1. The van der Waals surface area contributed by atoms with Crippen LogP contribution in [0.25, 0.3) is 0 Å². The molecule has 1 unspecified atom stereocenters. The number of amides is 2. The number of urea groups is 1. The van der Waals surface area contributed by atoms with E-state index in [2.05, 4.69) is 5.32 Å². The zero-order chi connectivity index (χ0) is 10.7. The van der Waals surface area contributed by atoms with Gasteiger partial charge >= 0.3 is 6.03 Å². The highest BCUT2D eigenvalue weighted by Gasteiger charge is 2.31. The van der Waals surface area contributed by atoms with Gasteiger partial charge in [-0.2, -0.15) is 0 Å². The van der Waals surface area contributed by atoms with Crippen molar-refractivity contribution in [2.75, 3.05) is 26.3 Å². The lowest BCUT2D eigenvalue weighted by atomic mass is 10.1. The normalized spacial score (nSPS) is 28.1. The summed E-state index contributed by atoms with van der Waals surface area (Å²) in [6, 6.07) is 0.0643. The highest BCUT2D eigenvalue weighted by atomic mass is 19.1. The number of likely N-dealkylation sites (tertiary alicyclic amines) is 1. The van der Waals surface area contributed by atoms with Crippen molar-refractivity contribution in [1.82, 2.24) is 10.2 Å². The Morgan fingerprint density at radius 2 is 2.13 bits per heavy atom. The highest BCUT2D eigenvalue weighted by Crippen LogP contribution is 2.13. The number of carbonyl (C=O) groups is 1. The molecule has 4 nitrogen and oxygen atoms in total. The lowest BCUT2D eigenvalue weighted by Crippen LogP contribution is -2.56. The average molecular weight is 216 g/mol. The molecule has 5 heteroatoms. The van der Waals surface area contributed by atoms with E-state index >= 15 is 0 Å². The Bertz CT molecular complexity index is 223. The molecule has 2 aliphatic heterocycles. The molecule has 2 saturated heterocycles. The number of carbonyl (C=O) groups excluding carboxylic acids is 1. The van der Waals surface area contributed by atoms with Crippen molar-refractivity contribution in [2.45, 2.75) is 31.5 Å². The van der Waals surface area contributed by atoms with E-state index in [4.69, 9.17) is 4.74 Å². The van der Waals surface area contributed by atoms with Gasteiger partial charge < -0.3 is 15.0 Å². The Hall–Kier alpha value is -0.840. The van der Waals surface area contributed by atoms with E-state index < -0.39 is 6.17 Å². The van der Waals surface area contributed by atoms with Gasteiger partial charge in [-0.15, -0.1) is 0 Å². The maximum atomic E-state index is 12.5. The topological polar surface area (TPSA) is 41.6 Å². The van der Waals surface area contributed by atoms with Crippen LogP contribution in [-0.4, -0.2) is 49.4 Å². The summed E-state index contributed by atoms with van der Waals surface area (Å²) in [5, 5.41) is 2.92. The molecule has 15 heavy (non-hydrogen) atoms. The number of ether oxygens (including phenoxy) is 1. The number of hydrogen-bond donors (Lipinski definition) is 1. The van der Waals surface area contributed by atoms with Gasteiger partial charge in [0.15, 0.2) is 0 Å². The lowest BCUT2D eigenvalue weighted by molar-refractivity contribution is 0.0873. The van der Waals surface area contributed by atoms with Gasteiger partial charge in [0, 0.05) is 19.3 Å². The monoisotopic (exact) mass is 216 g/mol. The van der Waals surface area contributed by atoms with Crippen LogP contribution in [0.1, 0.15) is 19.3 Å². The Morgan fingerprint density at radius 1 is 1.33 bits per heavy atom. The molecule has 0 aromatic carbocycles. The summed E-state index contributed by atoms with van der Waals surface area (Å²) in [5.74, 6) is 0. The molecule has 0 aromatic rings. The second-order valence-corrected chi connectivity index (χ2v) is 4.19. The minimum absolute atomic E-state index is 0.129. The van der Waals surface area contributed by atoms with Crippen LogP contribution in [0.3, 0.4) is 0 Å². The first-order chi connectivity index (χ1) is 7.25. The summed E-state index contributed by atoms with van der Waals surface area (Å²) in [6.45, 7) is 1.98. The van der Waals surface area contributed by atoms with Crippen LogP contribution < -0.4 is 5.32 Å². The van der Waals surface area contributed by atoms with Gasteiger partial charge in [-0.25, -0.2) is 9.18 Å². The van der Waals surface area contributed by atoms with E-state index in [0.717, 1.165) is 25.9 Å². The standard InChI is InChI=1S/C10H17FN2O2/c11-8-6-13(7-8)10(14)12-9-2-1-4-15-5-3-9/h8-9H,1-7H2,(H,12,14). The molecule has 2 aliphatic rings. The molecule has 0 spiro atoms. The first kappa shape index (κ1) is 10.7. The van der Waals surface area contributed by atoms with Gasteiger partial charge in [-0.3, -0.25) is 0 Å². The van der Waals surface area contributed by atoms with Crippen LogP contribution in [0.4, 0.5) is 9.18 Å². The van der Waals surface area contributed by atoms with E-state index in [1.807, 2.05) is 0 Å². The third-order valence-electron chi connectivity index (χ3n) is 2.90. The van der Waals surface area contributed by atoms with Crippen LogP contribution in [0, 0.1) is 0 Å². The van der Waals surface area contributed by atoms with Gasteiger partial charge in [0.2, 0.25) is 0 Å². The molecule has 2 amide bonds. The average Bonchev–Trinajstić information content (AvgIpc) is 2.41. The summed E-state index contributed by atoms with van der Waals surface area (Å²) < 4.78 is 17.8. The number of alkyl halides is 1. The van der Waals surface area contributed by atoms with Gasteiger partial charge in [0.1, 0.15) is 6.17 Å². The molecule has 0 radical (unpaired) electrons. The predicted octanol–water partition coefficient (Wildman–Crippen LogP) is 0.919. The molecular weight excluding hydrogens is 199 g/mol. The van der Waals surface area contributed by atoms with E-state index in [1.54, 1.807) is 0 Å². The van der Waals surface area contributed by atoms with Gasteiger partial charge in [-0.05, 0) is 19.3 Å². The third-order valence-corrected chi connectivity index (χ3v) is 2.90. The predicted molar refractivity (Wildman–Crippen MR) is 53.5 cm³/mol. The Kier molecular flexibility index (Phi) is 3.41. The Labute approximate surface area is 88.8 Å². The molecule has 0 aliphatic carbocycles. The molecule has 0 saturated carbocycles. The number of rotatable bonds is 1. The van der Waals surface area contributed by atoms with E-state index in [-0.39, 0.29) is 25.2 Å². The molecule has 86 valence electrons. The second-order valence-electron chi connectivity index (χ2n) is 4.19. The first-order valence-electron chi connectivity index (χ1n) is 5.53. The summed E-state index contributed by atoms with van der Waals surface area (Å²) in [4.78, 5) is 13.1. The van der Waals surface area contributed by atoms with Gasteiger partial charge in [0.25, 0.3) is 0 Å². The maximum Gasteiger partial charge on any atom is 0.317 e. The molecular formula is C10H17FN2O2. The van der Waals surface area contributed by atoms with Crippen molar-refractivity contribution >= 4 is 6.03 Å². The smallest absolute Gasteiger partial charge is 0.317 e. The Balaban J connectivity index is 1.72. The third kappa shape index (κ3) is 2.81. The maximum absolute atomic E-state index is 12.5. The summed E-state index contributed by atoms with van der Waals surface area (Å²) in [7, 11) is 0. The van der Waals surface area contributed by atoms with Crippen LogP contribution in [0.5, 0.6) is 0 Å². The fraction of sp³-hybridized carbons (Fsp3) is 0.900. The van der Waals surface area contributed by atoms with Crippen molar-refractivity contribution in [1.29, 1.82) is 0 Å². The van der Waals surface area contributed by atoms with E-state index in [1.165, 1.54) is 4.90 Å². The Morgan fingerprint density at radius 3 is 2.87 bits per heavy atom. The van der Waals surface area contributed by atoms with Crippen molar-refractivity contribution in [2.24, 2.45) is 0 Å². The van der Waals surface area contributed by atoms with Crippen molar-refractivity contribution in [3.8, 4) is 0 Å². The van der Waals surface area contributed by atoms with Crippen LogP contribution in [-0.2, 0) is 4.74 Å². The summed E-state index contributed by atoms with van der Waals surface area (Å²) in [5.41, 5.74) is 0. The summed E-state index contributed by atoms with van der Waals surface area (Å²) >= 11 is 0. The number of nitrogens with zero attached hydrogens (tertiary/aromatic N) is 1. The molecule has 0 bridgehead atoms. The van der Waals surface area contributed by atoms with Crippen LogP contribution in [0.15, 0.2) is 0 Å². The molecule has 2 heterocycles. The van der Waals surface area contributed by atoms with Crippen molar-refractivity contribution < 1.29 is 13.9 Å². The molecule has 2 fully saturated rings. The fourth-order valence-electron chi connectivity index (χ4n) is 1.90. The second kappa shape index (κ2) is 4.79. The molecule has 0 aromatic heterocycles. The SMILES string of the molecule is O=C(NC1CCCOCC1)N1CC(F)C1. The summed E-state index contributed by atoms with van der Waals surface area (Å²) in [6.07, 6.45) is 1.97. The first-order valence-corrected chi connectivity index (χ1v) is 5.53. The number of halogens is 1. The lowest BCUT2D eigenvalue weighted by Gasteiger charge is -2.35. The molecule has 1 N–H and O–H groups in total. The fourth-order valence-corrected chi connectivity index (χ4v) is 1.90. The minimum atomic E-state index is -0.826. The zero-order valence-electron chi connectivity index (χ0n) is 8.75. The van der Waals surface area contributed by atoms with Crippen molar-refractivity contribution in [3.63, 3.8) is 0 Å². The van der Waals surface area contributed by atoms with Crippen LogP contribution in [0.2, 0.25) is 0 Å². The quantitative estimate of drug-likeness (QED) is 0.708. The van der Waals surface area contributed by atoms with Gasteiger partial charge in [-0.1, -0.05) is 0 Å². The zero-order valence-corrected chi connectivity index (χ0v) is 8.75. The minimum Gasteiger partial charge on any atom is -0.381 e. The van der Waals surface area contributed by atoms with Crippen molar-refractivity contribution in [3.05, 3.63) is 0 Å². The molecule has 2 rings (SSSR count). The molecule has 1 atom stereocenters. The highest BCUT2D eigenvalue weighted by molar-refractivity contribution is 5.75. The van der Waals surface area contributed by atoms with E-state index in [9.17, 15) is 9.18 Å². The largest absolute Gasteiger partial charge is 0.381 e. The van der Waals surface area contributed by atoms with Crippen LogP contribution >= 0.6 is 0 Å². The van der Waals surface area contributed by atoms with E-state index in [0.29, 0.717) is 6.61 Å². The number of hydrogen-bond acceptors (Lipinski definition) is 2. The van der Waals surface area contributed by atoms with Gasteiger partial charge in [0.05, 0.1) is 13.1 Å².